The number of pyridine rings is 1. The maximum Gasteiger partial charge on any atom is 0.218 e. The van der Waals surface area contributed by atoms with Crippen molar-refractivity contribution < 1.29 is 9.13 Å². The van der Waals surface area contributed by atoms with E-state index in [9.17, 15) is 4.39 Å². The van der Waals surface area contributed by atoms with Crippen LogP contribution < -0.4 is 15.8 Å². The third-order valence-electron chi connectivity index (χ3n) is 2.72. The molecule has 5 heteroatoms. The molecule has 0 saturated carbocycles. The quantitative estimate of drug-likeness (QED) is 0.823. The van der Waals surface area contributed by atoms with Gasteiger partial charge in [-0.25, -0.2) is 9.37 Å². The molecule has 2 rings (SSSR count). The second kappa shape index (κ2) is 6.23. The Morgan fingerprint density at radius 3 is 2.85 bits per heavy atom. The summed E-state index contributed by atoms with van der Waals surface area (Å²) in [5.74, 6) is 0.143. The van der Waals surface area contributed by atoms with Gasteiger partial charge in [0.15, 0.2) is 0 Å². The molecule has 2 aromatic rings. The van der Waals surface area contributed by atoms with E-state index in [0.717, 1.165) is 5.56 Å². The number of ether oxygens (including phenoxy) is 1. The summed E-state index contributed by atoms with van der Waals surface area (Å²) in [6, 6.07) is 8.42. The van der Waals surface area contributed by atoms with Crippen LogP contribution in [0.4, 0.5) is 15.8 Å². The number of nitrogens with zero attached hydrogens (tertiary/aromatic N) is 1. The number of nitrogen functional groups attached to an aromatic ring is 1. The largest absolute Gasteiger partial charge is 0.475 e. The highest BCUT2D eigenvalue weighted by Crippen LogP contribution is 2.23. The van der Waals surface area contributed by atoms with Crippen LogP contribution in [0, 0.1) is 5.82 Å². The molecule has 0 saturated heterocycles. The van der Waals surface area contributed by atoms with Crippen molar-refractivity contribution in [3.63, 3.8) is 0 Å². The fraction of sp³-hybridized carbons (Fsp3) is 0.267. The summed E-state index contributed by atoms with van der Waals surface area (Å²) in [5, 5.41) is 3.10. The van der Waals surface area contributed by atoms with Crippen molar-refractivity contribution in [1.82, 2.24) is 4.98 Å². The van der Waals surface area contributed by atoms with Crippen molar-refractivity contribution in [1.29, 1.82) is 0 Å². The number of nitrogens with two attached hydrogens (primary N) is 1. The number of anilines is 2. The Kier molecular flexibility index (Phi) is 4.40. The first-order valence-electron chi connectivity index (χ1n) is 6.46. The van der Waals surface area contributed by atoms with Gasteiger partial charge in [-0.15, -0.1) is 0 Å². The van der Waals surface area contributed by atoms with Gasteiger partial charge < -0.3 is 15.8 Å². The average Bonchev–Trinajstić information content (AvgIpc) is 2.41. The van der Waals surface area contributed by atoms with Gasteiger partial charge >= 0.3 is 0 Å². The Morgan fingerprint density at radius 2 is 2.10 bits per heavy atom. The van der Waals surface area contributed by atoms with Crippen LogP contribution in [0.3, 0.4) is 0 Å². The van der Waals surface area contributed by atoms with Gasteiger partial charge in [0.2, 0.25) is 5.88 Å². The Bertz CT molecular complexity index is 587. The zero-order chi connectivity index (χ0) is 14.5. The summed E-state index contributed by atoms with van der Waals surface area (Å²) in [7, 11) is 0. The SMILES string of the molecule is CC(C)Oc1ncccc1CNc1cccc(F)c1N. The molecule has 0 radical (unpaired) electrons. The molecular formula is C15H18FN3O. The first kappa shape index (κ1) is 14.1. The summed E-state index contributed by atoms with van der Waals surface area (Å²) in [6.45, 7) is 4.34. The minimum absolute atomic E-state index is 0.0443. The first-order chi connectivity index (χ1) is 9.58. The van der Waals surface area contributed by atoms with Gasteiger partial charge in [0, 0.05) is 18.3 Å². The van der Waals surface area contributed by atoms with Crippen molar-refractivity contribution in [2.24, 2.45) is 0 Å². The van der Waals surface area contributed by atoms with Gasteiger partial charge in [0.05, 0.1) is 17.5 Å². The van der Waals surface area contributed by atoms with Gasteiger partial charge in [-0.3, -0.25) is 0 Å². The fourth-order valence-corrected chi connectivity index (χ4v) is 1.77. The third kappa shape index (κ3) is 3.38. The number of halogens is 1. The van der Waals surface area contributed by atoms with Gasteiger partial charge in [0.25, 0.3) is 0 Å². The number of aromatic nitrogens is 1. The molecule has 0 aliphatic carbocycles. The maximum atomic E-state index is 13.4. The number of rotatable bonds is 5. The second-order valence-electron chi connectivity index (χ2n) is 4.69. The molecule has 0 aliphatic rings. The lowest BCUT2D eigenvalue weighted by Gasteiger charge is -2.14. The average molecular weight is 275 g/mol. The van der Waals surface area contributed by atoms with E-state index in [0.29, 0.717) is 18.1 Å². The predicted octanol–water partition coefficient (Wildman–Crippen LogP) is 3.20. The van der Waals surface area contributed by atoms with Gasteiger partial charge in [0.1, 0.15) is 5.82 Å². The van der Waals surface area contributed by atoms with Crippen molar-refractivity contribution in [3.8, 4) is 5.88 Å². The van der Waals surface area contributed by atoms with Crippen molar-refractivity contribution in [2.45, 2.75) is 26.5 Å². The van der Waals surface area contributed by atoms with Gasteiger partial charge in [-0.05, 0) is 32.0 Å². The number of nitrogens with one attached hydrogen (secondary N) is 1. The molecule has 0 aliphatic heterocycles. The van der Waals surface area contributed by atoms with Crippen LogP contribution in [0.5, 0.6) is 5.88 Å². The Balaban J connectivity index is 2.13. The topological polar surface area (TPSA) is 60.2 Å². The summed E-state index contributed by atoms with van der Waals surface area (Å²) >= 11 is 0. The molecule has 1 aromatic carbocycles. The smallest absolute Gasteiger partial charge is 0.218 e. The van der Waals surface area contributed by atoms with Crippen LogP contribution >= 0.6 is 0 Å². The van der Waals surface area contributed by atoms with E-state index in [1.165, 1.54) is 6.07 Å². The number of hydrogen-bond donors (Lipinski definition) is 2. The maximum absolute atomic E-state index is 13.4. The minimum Gasteiger partial charge on any atom is -0.475 e. The zero-order valence-electron chi connectivity index (χ0n) is 11.6. The van der Waals surface area contributed by atoms with Crippen LogP contribution in [0.15, 0.2) is 36.5 Å². The van der Waals surface area contributed by atoms with Crippen LogP contribution in [0.1, 0.15) is 19.4 Å². The lowest BCUT2D eigenvalue weighted by molar-refractivity contribution is 0.230. The fourth-order valence-electron chi connectivity index (χ4n) is 1.77. The molecule has 0 bridgehead atoms. The lowest BCUT2D eigenvalue weighted by Crippen LogP contribution is -2.11. The third-order valence-corrected chi connectivity index (χ3v) is 2.72. The summed E-state index contributed by atoms with van der Waals surface area (Å²) in [4.78, 5) is 4.20. The van der Waals surface area contributed by atoms with Crippen molar-refractivity contribution in [2.75, 3.05) is 11.1 Å². The molecule has 1 aromatic heterocycles. The highest BCUT2D eigenvalue weighted by Gasteiger charge is 2.08. The Labute approximate surface area is 117 Å². The molecule has 0 atom stereocenters. The highest BCUT2D eigenvalue weighted by molar-refractivity contribution is 5.66. The molecule has 0 unspecified atom stereocenters. The highest BCUT2D eigenvalue weighted by atomic mass is 19.1. The van der Waals surface area contributed by atoms with Crippen LogP contribution in [-0.4, -0.2) is 11.1 Å². The zero-order valence-corrected chi connectivity index (χ0v) is 11.6. The van der Waals surface area contributed by atoms with Crippen LogP contribution in [0.2, 0.25) is 0 Å². The molecule has 0 spiro atoms. The molecule has 3 N–H and O–H groups in total. The number of benzene rings is 1. The van der Waals surface area contributed by atoms with Gasteiger partial charge in [-0.2, -0.15) is 0 Å². The van der Waals surface area contributed by atoms with E-state index in [-0.39, 0.29) is 11.8 Å². The number of para-hydroxylation sites is 1. The molecule has 106 valence electrons. The van der Waals surface area contributed by atoms with E-state index in [4.69, 9.17) is 10.5 Å². The molecule has 0 amide bonds. The van der Waals surface area contributed by atoms with E-state index in [1.54, 1.807) is 18.3 Å². The standard InChI is InChI=1S/C15H18FN3O/c1-10(2)20-15-11(5-4-8-18-15)9-19-13-7-3-6-12(16)14(13)17/h3-8,10,19H,9,17H2,1-2H3. The molecule has 20 heavy (non-hydrogen) atoms. The Morgan fingerprint density at radius 1 is 1.30 bits per heavy atom. The van der Waals surface area contributed by atoms with Crippen molar-refractivity contribution >= 4 is 11.4 Å². The van der Waals surface area contributed by atoms with Gasteiger partial charge in [-0.1, -0.05) is 12.1 Å². The molecule has 1 heterocycles. The van der Waals surface area contributed by atoms with E-state index < -0.39 is 5.82 Å². The monoisotopic (exact) mass is 275 g/mol. The summed E-state index contributed by atoms with van der Waals surface area (Å²) < 4.78 is 19.0. The molecule has 0 fully saturated rings. The second-order valence-corrected chi connectivity index (χ2v) is 4.69. The normalized spacial score (nSPS) is 10.6. The van der Waals surface area contributed by atoms with E-state index in [1.807, 2.05) is 26.0 Å². The minimum atomic E-state index is -0.431. The van der Waals surface area contributed by atoms with E-state index >= 15 is 0 Å². The van der Waals surface area contributed by atoms with Crippen LogP contribution in [0.25, 0.3) is 0 Å². The summed E-state index contributed by atoms with van der Waals surface area (Å²) in [5.41, 5.74) is 7.25. The van der Waals surface area contributed by atoms with E-state index in [2.05, 4.69) is 10.3 Å². The molecule has 4 nitrogen and oxygen atoms in total. The lowest BCUT2D eigenvalue weighted by atomic mass is 10.2. The predicted molar refractivity (Wildman–Crippen MR) is 78.1 cm³/mol. The van der Waals surface area contributed by atoms with Crippen LogP contribution in [-0.2, 0) is 6.54 Å². The van der Waals surface area contributed by atoms with Crippen molar-refractivity contribution in [3.05, 3.63) is 47.9 Å². The first-order valence-corrected chi connectivity index (χ1v) is 6.46. The number of hydrogen-bond acceptors (Lipinski definition) is 4. The Hall–Kier alpha value is -2.30. The summed E-state index contributed by atoms with van der Waals surface area (Å²) in [6.07, 6.45) is 1.72. The molecular weight excluding hydrogens is 257 g/mol.